The minimum atomic E-state index is -4.38. The highest BCUT2D eigenvalue weighted by Crippen LogP contribution is 2.43. The number of phosphoric ester groups is 1. The highest BCUT2D eigenvalue weighted by Gasteiger charge is 2.26. The van der Waals surface area contributed by atoms with Gasteiger partial charge in [-0.15, -0.1) is 0 Å². The van der Waals surface area contributed by atoms with Gasteiger partial charge in [0.05, 0.1) is 12.2 Å². The zero-order valence-electron chi connectivity index (χ0n) is 17.3. The van der Waals surface area contributed by atoms with Crippen LogP contribution in [0, 0.1) is 5.41 Å². The molecule has 10 heteroatoms. The van der Waals surface area contributed by atoms with E-state index in [4.69, 9.17) is 19.0 Å². The molecule has 0 heterocycles. The van der Waals surface area contributed by atoms with Crippen LogP contribution in [0.3, 0.4) is 0 Å². The van der Waals surface area contributed by atoms with Crippen molar-refractivity contribution in [3.8, 4) is 0 Å². The van der Waals surface area contributed by atoms with E-state index >= 15 is 0 Å². The van der Waals surface area contributed by atoms with Crippen LogP contribution >= 0.6 is 15.4 Å². The van der Waals surface area contributed by atoms with Gasteiger partial charge in [-0.3, -0.25) is 9.09 Å². The van der Waals surface area contributed by atoms with Crippen LogP contribution in [-0.2, 0) is 22.9 Å². The summed E-state index contributed by atoms with van der Waals surface area (Å²) in [5.41, 5.74) is -0.652. The van der Waals surface area contributed by atoms with Gasteiger partial charge < -0.3 is 23.9 Å². The van der Waals surface area contributed by atoms with Crippen molar-refractivity contribution in [3.63, 3.8) is 0 Å². The number of unbranched alkanes of at least 4 members (excludes halogenated alkanes) is 2. The van der Waals surface area contributed by atoms with E-state index in [0.29, 0.717) is 26.1 Å². The number of rotatable bonds is 16. The molecule has 8 nitrogen and oxygen atoms in total. The third kappa shape index (κ3) is 19.3. The predicted molar refractivity (Wildman–Crippen MR) is 106 cm³/mol. The highest BCUT2D eigenvalue weighted by atomic mass is 31.2. The first-order chi connectivity index (χ1) is 12.1. The molecule has 0 aliphatic heterocycles. The fourth-order valence-corrected chi connectivity index (χ4v) is 4.07. The smallest absolute Gasteiger partial charge is 0.381 e. The lowest BCUT2D eigenvalue weighted by molar-refractivity contribution is 0.0758. The van der Waals surface area contributed by atoms with E-state index in [1.165, 1.54) is 6.66 Å². The number of phosphoric acid groups is 1. The Kier molecular flexibility index (Phi) is 12.1. The molecule has 0 aliphatic rings. The molecule has 1 unspecified atom stereocenters. The molecule has 164 valence electrons. The molecule has 0 aromatic carbocycles. The molecule has 0 saturated heterocycles. The number of ether oxygens (including phenoxy) is 1. The van der Waals surface area contributed by atoms with E-state index in [0.717, 1.165) is 32.1 Å². The fourth-order valence-electron chi connectivity index (χ4n) is 2.73. The summed E-state index contributed by atoms with van der Waals surface area (Å²) in [7, 11) is -7.85. The summed E-state index contributed by atoms with van der Waals surface area (Å²) in [5, 5.41) is 0. The Balaban J connectivity index is 3.66. The monoisotopic (exact) mass is 432 g/mol. The summed E-state index contributed by atoms with van der Waals surface area (Å²) in [6, 6.07) is 0. The fraction of sp³-hybridized carbons (Fsp3) is 1.00. The first-order valence-corrected chi connectivity index (χ1v) is 13.0. The molecule has 27 heavy (non-hydrogen) atoms. The molecule has 0 saturated carbocycles. The maximum atomic E-state index is 11.3. The lowest BCUT2D eigenvalue weighted by Gasteiger charge is -2.26. The second-order valence-electron chi connectivity index (χ2n) is 8.42. The van der Waals surface area contributed by atoms with Crippen molar-refractivity contribution in [2.45, 2.75) is 78.2 Å². The Hall–Kier alpha value is 0.220. The van der Waals surface area contributed by atoms with E-state index in [1.54, 1.807) is 0 Å². The molecular formula is C17H38O8P2. The Morgan fingerprint density at radius 1 is 0.778 bits per heavy atom. The molecule has 0 amide bonds. The minimum Gasteiger partial charge on any atom is -0.381 e. The molecule has 0 radical (unpaired) electrons. The van der Waals surface area contributed by atoms with Crippen LogP contribution in [0.15, 0.2) is 0 Å². The van der Waals surface area contributed by atoms with Crippen molar-refractivity contribution in [2.24, 2.45) is 5.41 Å². The molecule has 0 spiro atoms. The van der Waals surface area contributed by atoms with Crippen molar-refractivity contribution in [2.75, 3.05) is 26.5 Å². The average molecular weight is 432 g/mol. The van der Waals surface area contributed by atoms with Gasteiger partial charge >= 0.3 is 15.4 Å². The first-order valence-electron chi connectivity index (χ1n) is 9.41. The highest BCUT2D eigenvalue weighted by molar-refractivity contribution is 7.51. The molecule has 3 N–H and O–H groups in total. The van der Waals surface area contributed by atoms with Crippen LogP contribution in [0.1, 0.15) is 72.6 Å². The van der Waals surface area contributed by atoms with Gasteiger partial charge in [0.2, 0.25) is 0 Å². The maximum absolute atomic E-state index is 11.3. The summed E-state index contributed by atoms with van der Waals surface area (Å²) in [4.78, 5) is 26.7. The third-order valence-corrected chi connectivity index (χ3v) is 5.52. The summed E-state index contributed by atoms with van der Waals surface area (Å²) in [6.45, 7) is 10.3. The summed E-state index contributed by atoms with van der Waals surface area (Å²) >= 11 is 0. The first kappa shape index (κ1) is 27.2. The molecular weight excluding hydrogens is 394 g/mol. The van der Waals surface area contributed by atoms with Crippen molar-refractivity contribution in [1.29, 1.82) is 0 Å². The second-order valence-corrected chi connectivity index (χ2v) is 11.4. The Bertz CT molecular complexity index is 495. The summed E-state index contributed by atoms with van der Waals surface area (Å²) < 4.78 is 37.3. The molecule has 0 fully saturated rings. The van der Waals surface area contributed by atoms with Crippen LogP contribution in [0.2, 0.25) is 0 Å². The van der Waals surface area contributed by atoms with E-state index in [2.05, 4.69) is 18.4 Å². The van der Waals surface area contributed by atoms with Gasteiger partial charge in [-0.1, -0.05) is 20.3 Å². The number of hydrogen-bond donors (Lipinski definition) is 3. The third-order valence-electron chi connectivity index (χ3n) is 4.16. The van der Waals surface area contributed by atoms with Crippen molar-refractivity contribution in [3.05, 3.63) is 0 Å². The van der Waals surface area contributed by atoms with E-state index in [1.807, 2.05) is 13.8 Å². The molecule has 0 bridgehead atoms. The van der Waals surface area contributed by atoms with Gasteiger partial charge in [-0.05, 0) is 57.8 Å². The summed E-state index contributed by atoms with van der Waals surface area (Å²) in [6.07, 6.45) is 5.86. The van der Waals surface area contributed by atoms with Crippen LogP contribution in [-0.4, -0.2) is 46.8 Å². The Morgan fingerprint density at radius 3 is 1.78 bits per heavy atom. The topological polar surface area (TPSA) is 123 Å². The molecule has 0 aromatic heterocycles. The van der Waals surface area contributed by atoms with Gasteiger partial charge in [0.25, 0.3) is 0 Å². The minimum absolute atomic E-state index is 0.0355. The van der Waals surface area contributed by atoms with Gasteiger partial charge in [-0.2, -0.15) is 0 Å². The standard InChI is InChI=1S/C17H38O8P2/c1-16(2,12-15-24-27(20,21)22)10-6-8-13-23-14-9-7-11-17(3,4)25-26(5,18)19/h6-15H2,1-5H3,(H,18,19)(H2,20,21,22). The molecule has 0 rings (SSSR count). The predicted octanol–water partition coefficient (Wildman–Crippen LogP) is 4.48. The van der Waals surface area contributed by atoms with Crippen molar-refractivity contribution in [1.82, 2.24) is 0 Å². The average Bonchev–Trinajstić information content (AvgIpc) is 2.41. The normalized spacial score (nSPS) is 15.7. The maximum Gasteiger partial charge on any atom is 0.469 e. The van der Waals surface area contributed by atoms with Crippen LogP contribution in [0.25, 0.3) is 0 Å². The van der Waals surface area contributed by atoms with E-state index in [-0.39, 0.29) is 12.0 Å². The SMILES string of the molecule is CC(C)(CCCCOCCCCC(C)(C)OP(C)(=O)O)CCOP(=O)(O)O. The Morgan fingerprint density at radius 2 is 1.30 bits per heavy atom. The van der Waals surface area contributed by atoms with Gasteiger partial charge in [-0.25, -0.2) is 4.57 Å². The van der Waals surface area contributed by atoms with Crippen molar-refractivity contribution < 1.29 is 37.6 Å². The van der Waals surface area contributed by atoms with Gasteiger partial charge in [0.1, 0.15) is 0 Å². The van der Waals surface area contributed by atoms with Gasteiger partial charge in [0.15, 0.2) is 0 Å². The molecule has 0 aromatic rings. The van der Waals surface area contributed by atoms with Crippen LogP contribution < -0.4 is 0 Å². The lowest BCUT2D eigenvalue weighted by Crippen LogP contribution is -2.22. The van der Waals surface area contributed by atoms with E-state index in [9.17, 15) is 14.0 Å². The lowest BCUT2D eigenvalue weighted by atomic mass is 9.84. The van der Waals surface area contributed by atoms with E-state index < -0.39 is 21.0 Å². The largest absolute Gasteiger partial charge is 0.469 e. The van der Waals surface area contributed by atoms with Crippen molar-refractivity contribution >= 4 is 15.4 Å². The number of hydrogen-bond acceptors (Lipinski definition) is 5. The second kappa shape index (κ2) is 12.0. The zero-order chi connectivity index (χ0) is 21.2. The van der Waals surface area contributed by atoms with Crippen LogP contribution in [0.4, 0.5) is 0 Å². The molecule has 0 aliphatic carbocycles. The van der Waals surface area contributed by atoms with Gasteiger partial charge in [0, 0.05) is 19.9 Å². The Labute approximate surface area is 163 Å². The summed E-state index contributed by atoms with van der Waals surface area (Å²) in [5.74, 6) is 0. The van der Waals surface area contributed by atoms with Crippen LogP contribution in [0.5, 0.6) is 0 Å². The quantitative estimate of drug-likeness (QED) is 0.241. The molecule has 1 atom stereocenters. The zero-order valence-corrected chi connectivity index (χ0v) is 19.1.